The molecule has 1 atom stereocenters. The average molecular weight is 353 g/mol. The third-order valence-corrected chi connectivity index (χ3v) is 6.22. The van der Waals surface area contributed by atoms with Crippen molar-refractivity contribution in [1.82, 2.24) is 14.8 Å². The zero-order valence-corrected chi connectivity index (χ0v) is 14.9. The number of fused-ring (bicyclic) bond motifs is 1. The Bertz CT molecular complexity index is 853. The molecule has 1 N–H and O–H groups in total. The zero-order valence-electron chi connectivity index (χ0n) is 14.9. The Morgan fingerprint density at radius 3 is 2.77 bits per heavy atom. The van der Waals surface area contributed by atoms with Gasteiger partial charge in [0, 0.05) is 44.7 Å². The number of nitrogens with zero attached hydrogens (tertiary/aromatic N) is 3. The van der Waals surface area contributed by atoms with E-state index in [1.807, 2.05) is 18.2 Å². The normalized spacial score (nSPS) is 23.0. The van der Waals surface area contributed by atoms with Crippen LogP contribution in [0.15, 0.2) is 36.5 Å². The number of carbonyl (C=O) groups is 2. The van der Waals surface area contributed by atoms with Gasteiger partial charge in [-0.15, -0.1) is 0 Å². The molecule has 2 aliphatic rings. The molecular weight excluding hydrogens is 330 g/mol. The van der Waals surface area contributed by atoms with Crippen LogP contribution in [0.4, 0.5) is 0 Å². The fourth-order valence-electron chi connectivity index (χ4n) is 4.63. The minimum Gasteiger partial charge on any atom is -0.481 e. The van der Waals surface area contributed by atoms with Gasteiger partial charge in [0.15, 0.2) is 0 Å². The molecule has 0 aliphatic carbocycles. The van der Waals surface area contributed by atoms with Gasteiger partial charge < -0.3 is 10.0 Å². The van der Waals surface area contributed by atoms with Crippen LogP contribution in [0.2, 0.25) is 0 Å². The number of aliphatic carboxylic acids is 1. The highest BCUT2D eigenvalue weighted by atomic mass is 16.4. The van der Waals surface area contributed by atoms with Crippen LogP contribution in [0.3, 0.4) is 0 Å². The maximum absolute atomic E-state index is 12.1. The summed E-state index contributed by atoms with van der Waals surface area (Å²) in [5, 5.41) is 10.7. The summed E-state index contributed by atoms with van der Waals surface area (Å²) >= 11 is 0. The topological polar surface area (TPSA) is 73.7 Å². The molecule has 0 unspecified atom stereocenters. The van der Waals surface area contributed by atoms with Gasteiger partial charge in [-0.2, -0.15) is 0 Å². The minimum atomic E-state index is -0.851. The van der Waals surface area contributed by atoms with Crippen molar-refractivity contribution in [3.8, 4) is 0 Å². The Morgan fingerprint density at radius 2 is 2.04 bits per heavy atom. The number of aromatic nitrogens is 1. The van der Waals surface area contributed by atoms with E-state index in [4.69, 9.17) is 0 Å². The van der Waals surface area contributed by atoms with Gasteiger partial charge in [-0.05, 0) is 30.5 Å². The summed E-state index contributed by atoms with van der Waals surface area (Å²) in [6.45, 7) is 2.39. The average Bonchev–Trinajstić information content (AvgIpc) is 2.89. The predicted octanol–water partition coefficient (Wildman–Crippen LogP) is 2.13. The highest BCUT2D eigenvalue weighted by Crippen LogP contribution is 2.43. The van der Waals surface area contributed by atoms with E-state index in [2.05, 4.69) is 22.0 Å². The van der Waals surface area contributed by atoms with E-state index >= 15 is 0 Å². The van der Waals surface area contributed by atoms with E-state index in [0.29, 0.717) is 12.8 Å². The van der Waals surface area contributed by atoms with Crippen molar-refractivity contribution in [3.05, 3.63) is 42.1 Å². The molecule has 4 rings (SSSR count). The molecule has 1 aromatic carbocycles. The fourth-order valence-corrected chi connectivity index (χ4v) is 4.63. The van der Waals surface area contributed by atoms with E-state index < -0.39 is 17.4 Å². The molecular formula is C20H23N3O3. The molecule has 2 saturated heterocycles. The summed E-state index contributed by atoms with van der Waals surface area (Å²) in [6.07, 6.45) is 3.33. The molecule has 3 heterocycles. The van der Waals surface area contributed by atoms with E-state index in [9.17, 15) is 14.7 Å². The molecule has 2 aliphatic heterocycles. The molecule has 26 heavy (non-hydrogen) atoms. The molecule has 2 aromatic rings. The van der Waals surface area contributed by atoms with Crippen molar-refractivity contribution >= 4 is 22.8 Å². The number of hydrogen-bond donors (Lipinski definition) is 1. The van der Waals surface area contributed by atoms with Gasteiger partial charge in [-0.25, -0.2) is 0 Å². The van der Waals surface area contributed by atoms with Crippen LogP contribution in [0, 0.1) is 5.92 Å². The first kappa shape index (κ1) is 17.0. The summed E-state index contributed by atoms with van der Waals surface area (Å²) in [6, 6.07) is 10.2. The quantitative estimate of drug-likeness (QED) is 0.915. The van der Waals surface area contributed by atoms with Crippen molar-refractivity contribution in [2.45, 2.75) is 31.3 Å². The maximum Gasteiger partial charge on any atom is 0.309 e. The van der Waals surface area contributed by atoms with Gasteiger partial charge >= 0.3 is 5.97 Å². The Balaban J connectivity index is 1.51. The molecule has 136 valence electrons. The van der Waals surface area contributed by atoms with E-state index in [1.165, 1.54) is 5.56 Å². The van der Waals surface area contributed by atoms with Crippen molar-refractivity contribution < 1.29 is 14.7 Å². The second-order valence-electron chi connectivity index (χ2n) is 7.41. The summed E-state index contributed by atoms with van der Waals surface area (Å²) < 4.78 is 0. The lowest BCUT2D eigenvalue weighted by Gasteiger charge is -2.45. The highest BCUT2D eigenvalue weighted by Gasteiger charge is 2.55. The largest absolute Gasteiger partial charge is 0.481 e. The van der Waals surface area contributed by atoms with E-state index in [0.717, 1.165) is 30.5 Å². The van der Waals surface area contributed by atoms with Gasteiger partial charge in [-0.3, -0.25) is 19.5 Å². The summed E-state index contributed by atoms with van der Waals surface area (Å²) in [5.41, 5.74) is 1.70. The smallest absolute Gasteiger partial charge is 0.309 e. The van der Waals surface area contributed by atoms with Crippen LogP contribution in [0.25, 0.3) is 10.9 Å². The van der Waals surface area contributed by atoms with Crippen LogP contribution in [0.1, 0.15) is 24.8 Å². The SMILES string of the molecule is CN1C(=O)C[C@@H](C(=O)O)C12CCN(Cc1cccc3ncccc13)CC2. The molecule has 6 heteroatoms. The second kappa shape index (κ2) is 6.36. The van der Waals surface area contributed by atoms with Crippen molar-refractivity contribution in [2.24, 2.45) is 5.92 Å². The predicted molar refractivity (Wildman–Crippen MR) is 97.5 cm³/mol. The summed E-state index contributed by atoms with van der Waals surface area (Å²) in [7, 11) is 1.76. The number of hydrogen-bond acceptors (Lipinski definition) is 4. The van der Waals surface area contributed by atoms with Crippen LogP contribution < -0.4 is 0 Å². The number of piperidine rings is 1. The lowest BCUT2D eigenvalue weighted by Crippen LogP contribution is -2.55. The Hall–Kier alpha value is -2.47. The third kappa shape index (κ3) is 2.65. The first-order valence-corrected chi connectivity index (χ1v) is 9.06. The highest BCUT2D eigenvalue weighted by molar-refractivity contribution is 5.88. The van der Waals surface area contributed by atoms with Gasteiger partial charge in [0.1, 0.15) is 0 Å². The minimum absolute atomic E-state index is 0.0500. The fraction of sp³-hybridized carbons (Fsp3) is 0.450. The van der Waals surface area contributed by atoms with Crippen molar-refractivity contribution in [2.75, 3.05) is 20.1 Å². The lowest BCUT2D eigenvalue weighted by molar-refractivity contribution is -0.146. The number of likely N-dealkylation sites (tertiary alicyclic amines) is 2. The molecule has 2 fully saturated rings. The van der Waals surface area contributed by atoms with E-state index in [1.54, 1.807) is 18.1 Å². The lowest BCUT2D eigenvalue weighted by atomic mass is 9.77. The Kier molecular flexibility index (Phi) is 4.15. The zero-order chi connectivity index (χ0) is 18.3. The monoisotopic (exact) mass is 353 g/mol. The van der Waals surface area contributed by atoms with E-state index in [-0.39, 0.29) is 12.3 Å². The van der Waals surface area contributed by atoms with Gasteiger partial charge in [0.25, 0.3) is 0 Å². The number of benzene rings is 1. The Labute approximate surface area is 152 Å². The van der Waals surface area contributed by atoms with Crippen LogP contribution in [-0.2, 0) is 16.1 Å². The van der Waals surface area contributed by atoms with Gasteiger partial charge in [0.05, 0.1) is 17.0 Å². The second-order valence-corrected chi connectivity index (χ2v) is 7.41. The number of amides is 1. The standard InChI is InChI=1S/C20H23N3O3/c1-22-18(24)12-16(19(25)26)20(22)7-10-23(11-8-20)13-14-4-2-6-17-15(14)5-3-9-21-17/h2-6,9,16H,7-8,10-13H2,1H3,(H,25,26)/t16-/m0/s1. The molecule has 0 radical (unpaired) electrons. The van der Waals surface area contributed by atoms with Crippen molar-refractivity contribution in [1.29, 1.82) is 0 Å². The molecule has 0 bridgehead atoms. The first-order chi connectivity index (χ1) is 12.5. The van der Waals surface area contributed by atoms with Crippen LogP contribution in [-0.4, -0.2) is 57.4 Å². The molecule has 1 spiro atoms. The van der Waals surface area contributed by atoms with Gasteiger partial charge in [-0.1, -0.05) is 18.2 Å². The van der Waals surface area contributed by atoms with Crippen LogP contribution in [0.5, 0.6) is 0 Å². The van der Waals surface area contributed by atoms with Crippen LogP contribution >= 0.6 is 0 Å². The summed E-state index contributed by atoms with van der Waals surface area (Å²) in [4.78, 5) is 32.3. The number of carboxylic acid groups (broad SMARTS) is 1. The first-order valence-electron chi connectivity index (χ1n) is 9.06. The molecule has 1 aromatic heterocycles. The maximum atomic E-state index is 12.1. The summed E-state index contributed by atoms with van der Waals surface area (Å²) in [5.74, 6) is -1.49. The molecule has 1 amide bonds. The van der Waals surface area contributed by atoms with Gasteiger partial charge in [0.2, 0.25) is 5.91 Å². The Morgan fingerprint density at radius 1 is 1.27 bits per heavy atom. The molecule has 0 saturated carbocycles. The molecule has 6 nitrogen and oxygen atoms in total. The van der Waals surface area contributed by atoms with Crippen molar-refractivity contribution in [3.63, 3.8) is 0 Å². The number of rotatable bonds is 3. The number of pyridine rings is 1. The number of carboxylic acids is 1. The number of carbonyl (C=O) groups excluding carboxylic acids is 1. The third-order valence-electron chi connectivity index (χ3n) is 6.22.